The summed E-state index contributed by atoms with van der Waals surface area (Å²) < 4.78 is 34.2. The number of hydrogen-bond acceptors (Lipinski definition) is 18. The highest BCUT2D eigenvalue weighted by atomic mass is 16.8. The van der Waals surface area contributed by atoms with Gasteiger partial charge in [-0.3, -0.25) is 4.79 Å². The van der Waals surface area contributed by atoms with Crippen LogP contribution >= 0.6 is 0 Å². The van der Waals surface area contributed by atoms with Crippen molar-refractivity contribution in [3.63, 3.8) is 0 Å². The molecule has 0 bridgehead atoms. The van der Waals surface area contributed by atoms with Crippen LogP contribution in [0, 0.1) is 0 Å². The van der Waals surface area contributed by atoms with Crippen molar-refractivity contribution in [3.8, 4) is 0 Å². The van der Waals surface area contributed by atoms with Crippen molar-refractivity contribution < 1.29 is 89.4 Å². The number of aliphatic hydroxyl groups is 11. The predicted octanol–water partition coefficient (Wildman–Crippen LogP) is 4.87. The Hall–Kier alpha value is -2.51. The molecule has 452 valence electrons. The standard InChI is InChI=1S/C59H103NO18/c1-3-5-7-9-11-13-15-17-19-21-23-25-27-29-31-33-35-37-47(65)60-42(43(64)36-34-32-30-28-26-24-22-20-18-16-14-12-10-8-6-4-2)41-73-57-53(71)50(68)55(45(39-62)75-57)78-59-54(72)51(69)56(46(40-63)76-59)77-58-52(70)49(67)48(66)44(38-61)74-58/h5,7,11,13,17,19,26,28,34,36,42-46,48-59,61-64,66-72H,3-4,6,8-10,12,14-16,18,20-25,27,29-33,35,37-41H2,1-2H3,(H,60,65)/b7-5-,13-11-,19-17-,28-26+,36-34+. The molecule has 19 heteroatoms. The normalized spacial score (nSPS) is 30.9. The second-order valence-electron chi connectivity index (χ2n) is 21.1. The van der Waals surface area contributed by atoms with Gasteiger partial charge in [-0.05, 0) is 64.2 Å². The molecule has 0 radical (unpaired) electrons. The molecular weight excluding hydrogens is 1010 g/mol. The van der Waals surface area contributed by atoms with E-state index in [1.54, 1.807) is 6.08 Å². The molecule has 1 amide bonds. The highest BCUT2D eigenvalue weighted by Gasteiger charge is 2.53. The summed E-state index contributed by atoms with van der Waals surface area (Å²) in [4.78, 5) is 13.3. The zero-order valence-electron chi connectivity index (χ0n) is 46.9. The van der Waals surface area contributed by atoms with Crippen molar-refractivity contribution >= 4 is 5.91 Å². The summed E-state index contributed by atoms with van der Waals surface area (Å²) in [7, 11) is 0. The Bertz CT molecular complexity index is 1660. The summed E-state index contributed by atoms with van der Waals surface area (Å²) in [6, 6.07) is -0.996. The van der Waals surface area contributed by atoms with Gasteiger partial charge in [-0.25, -0.2) is 0 Å². The Labute approximate surface area is 465 Å². The van der Waals surface area contributed by atoms with Gasteiger partial charge in [0.2, 0.25) is 5.91 Å². The van der Waals surface area contributed by atoms with Gasteiger partial charge in [-0.1, -0.05) is 164 Å². The molecule has 3 heterocycles. The maximum atomic E-state index is 13.3. The quantitative estimate of drug-likeness (QED) is 0.0287. The molecule has 3 aliphatic rings. The second kappa shape index (κ2) is 42.3. The molecule has 0 aromatic carbocycles. The molecule has 0 aromatic heterocycles. The summed E-state index contributed by atoms with van der Waals surface area (Å²) >= 11 is 0. The fourth-order valence-corrected chi connectivity index (χ4v) is 9.69. The summed E-state index contributed by atoms with van der Waals surface area (Å²) in [5.74, 6) is -0.299. The zero-order chi connectivity index (χ0) is 56.9. The van der Waals surface area contributed by atoms with Crippen LogP contribution < -0.4 is 5.32 Å². The monoisotopic (exact) mass is 1110 g/mol. The van der Waals surface area contributed by atoms with E-state index in [1.165, 1.54) is 57.8 Å². The predicted molar refractivity (Wildman–Crippen MR) is 295 cm³/mol. The van der Waals surface area contributed by atoms with Crippen LogP contribution in [0.4, 0.5) is 0 Å². The first-order valence-electron chi connectivity index (χ1n) is 29.5. The van der Waals surface area contributed by atoms with E-state index < -0.39 is 124 Å². The maximum absolute atomic E-state index is 13.3. The molecule has 0 saturated carbocycles. The number of nitrogens with one attached hydrogen (secondary N) is 1. The SMILES string of the molecule is CC/C=C\C/C=C\C/C=C\CCCCCCCCCC(=O)NC(COC1OC(CO)C(OC2OC(CO)C(OC3OC(CO)C(O)C(O)C3O)C(O)C2O)C(O)C1O)C(O)/C=C/CC/C=C/CCCCCCCCCCCC. The van der Waals surface area contributed by atoms with E-state index in [0.29, 0.717) is 12.8 Å². The largest absolute Gasteiger partial charge is 0.394 e. The van der Waals surface area contributed by atoms with Crippen molar-refractivity contribution in [3.05, 3.63) is 60.8 Å². The molecule has 0 aromatic rings. The topological polar surface area (TPSA) is 307 Å². The molecule has 3 rings (SSSR count). The van der Waals surface area contributed by atoms with Crippen LogP contribution in [0.5, 0.6) is 0 Å². The third-order valence-corrected chi connectivity index (χ3v) is 14.5. The van der Waals surface area contributed by atoms with Crippen molar-refractivity contribution in [2.45, 2.75) is 279 Å². The average molecular weight is 1110 g/mol. The molecule has 19 nitrogen and oxygen atoms in total. The number of ether oxygens (including phenoxy) is 6. The molecule has 3 aliphatic heterocycles. The Kier molecular flexibility index (Phi) is 37.9. The smallest absolute Gasteiger partial charge is 0.220 e. The third kappa shape index (κ3) is 26.2. The van der Waals surface area contributed by atoms with Crippen molar-refractivity contribution in [2.75, 3.05) is 26.4 Å². The number of aliphatic hydroxyl groups excluding tert-OH is 11. The minimum absolute atomic E-state index is 0.222. The van der Waals surface area contributed by atoms with E-state index >= 15 is 0 Å². The van der Waals surface area contributed by atoms with Crippen LogP contribution in [0.3, 0.4) is 0 Å². The molecule has 0 spiro atoms. The van der Waals surface area contributed by atoms with Crippen LogP contribution in [0.25, 0.3) is 0 Å². The van der Waals surface area contributed by atoms with Gasteiger partial charge in [-0.2, -0.15) is 0 Å². The van der Waals surface area contributed by atoms with Gasteiger partial charge in [0.1, 0.15) is 73.2 Å². The Morgan fingerprint density at radius 1 is 0.474 bits per heavy atom. The molecule has 17 unspecified atom stereocenters. The summed E-state index contributed by atoms with van der Waals surface area (Å²) in [6.07, 6.45) is 20.6. The van der Waals surface area contributed by atoms with Crippen LogP contribution in [-0.2, 0) is 33.2 Å². The van der Waals surface area contributed by atoms with Crippen LogP contribution in [0.2, 0.25) is 0 Å². The Morgan fingerprint density at radius 3 is 1.44 bits per heavy atom. The fourth-order valence-electron chi connectivity index (χ4n) is 9.69. The van der Waals surface area contributed by atoms with Crippen molar-refractivity contribution in [1.29, 1.82) is 0 Å². The maximum Gasteiger partial charge on any atom is 0.220 e. The first kappa shape index (κ1) is 69.8. The van der Waals surface area contributed by atoms with Crippen LogP contribution in [0.1, 0.15) is 174 Å². The fraction of sp³-hybridized carbons (Fsp3) is 0.814. The van der Waals surface area contributed by atoms with Crippen molar-refractivity contribution in [1.82, 2.24) is 5.32 Å². The first-order valence-corrected chi connectivity index (χ1v) is 29.5. The number of carbonyl (C=O) groups excluding carboxylic acids is 1. The van der Waals surface area contributed by atoms with E-state index in [2.05, 4.69) is 67.8 Å². The van der Waals surface area contributed by atoms with E-state index in [-0.39, 0.29) is 18.9 Å². The molecule has 3 fully saturated rings. The molecular formula is C59H103NO18. The van der Waals surface area contributed by atoms with Gasteiger partial charge in [0.25, 0.3) is 0 Å². The van der Waals surface area contributed by atoms with Crippen molar-refractivity contribution in [2.24, 2.45) is 0 Å². The Balaban J connectivity index is 1.53. The Morgan fingerprint density at radius 2 is 0.897 bits per heavy atom. The van der Waals surface area contributed by atoms with E-state index in [0.717, 1.165) is 83.5 Å². The first-order chi connectivity index (χ1) is 37.8. The van der Waals surface area contributed by atoms with Crippen LogP contribution in [0.15, 0.2) is 60.8 Å². The molecule has 12 N–H and O–H groups in total. The van der Waals surface area contributed by atoms with Gasteiger partial charge in [0, 0.05) is 6.42 Å². The summed E-state index contributed by atoms with van der Waals surface area (Å²) in [5.41, 5.74) is 0. The van der Waals surface area contributed by atoms with Gasteiger partial charge in [0.15, 0.2) is 18.9 Å². The lowest BCUT2D eigenvalue weighted by molar-refractivity contribution is -0.379. The third-order valence-electron chi connectivity index (χ3n) is 14.5. The summed E-state index contributed by atoms with van der Waals surface area (Å²) in [6.45, 7) is 1.56. The second-order valence-corrected chi connectivity index (χ2v) is 21.1. The van der Waals surface area contributed by atoms with E-state index in [1.807, 2.05) is 6.08 Å². The minimum Gasteiger partial charge on any atom is -0.394 e. The minimum atomic E-state index is -1.98. The lowest BCUT2D eigenvalue weighted by Crippen LogP contribution is -2.66. The number of hydrogen-bond donors (Lipinski definition) is 12. The number of unbranched alkanes of at least 4 members (excludes halogenated alkanes) is 18. The summed E-state index contributed by atoms with van der Waals surface area (Å²) in [5, 5.41) is 120. The molecule has 17 atom stereocenters. The number of rotatable bonds is 42. The van der Waals surface area contributed by atoms with E-state index in [4.69, 9.17) is 28.4 Å². The number of amides is 1. The molecule has 78 heavy (non-hydrogen) atoms. The highest BCUT2D eigenvalue weighted by molar-refractivity contribution is 5.76. The number of allylic oxidation sites excluding steroid dienone is 9. The lowest BCUT2D eigenvalue weighted by atomic mass is 9.96. The molecule has 0 aliphatic carbocycles. The van der Waals surface area contributed by atoms with Gasteiger partial charge in [0.05, 0.1) is 38.6 Å². The van der Waals surface area contributed by atoms with E-state index in [9.17, 15) is 61.0 Å². The van der Waals surface area contributed by atoms with Gasteiger partial charge in [-0.15, -0.1) is 0 Å². The highest BCUT2D eigenvalue weighted by Crippen LogP contribution is 2.33. The lowest BCUT2D eigenvalue weighted by Gasteiger charge is -2.48. The zero-order valence-corrected chi connectivity index (χ0v) is 46.9. The van der Waals surface area contributed by atoms with Crippen LogP contribution in [-0.4, -0.2) is 193 Å². The van der Waals surface area contributed by atoms with Gasteiger partial charge < -0.3 is 89.9 Å². The average Bonchev–Trinajstić information content (AvgIpc) is 3.45. The molecule has 3 saturated heterocycles. The number of carbonyl (C=O) groups is 1. The van der Waals surface area contributed by atoms with Gasteiger partial charge >= 0.3 is 0 Å².